The van der Waals surface area contributed by atoms with Crippen LogP contribution < -0.4 is 4.74 Å². The Bertz CT molecular complexity index is 1450. The average Bonchev–Trinajstić information content (AvgIpc) is 3.17. The maximum absolute atomic E-state index is 11.8. The first-order valence-electron chi connectivity index (χ1n) is 10.7. The van der Waals surface area contributed by atoms with Crippen LogP contribution in [0.25, 0.3) is 11.1 Å². The van der Waals surface area contributed by atoms with Crippen molar-refractivity contribution in [3.05, 3.63) is 117 Å². The van der Waals surface area contributed by atoms with Crippen molar-refractivity contribution in [3.8, 4) is 22.6 Å². The maximum Gasteiger partial charge on any atom is 0.150 e. The smallest absolute Gasteiger partial charge is 0.150 e. The van der Waals surface area contributed by atoms with E-state index in [1.54, 1.807) is 36.4 Å². The van der Waals surface area contributed by atoms with Gasteiger partial charge >= 0.3 is 0 Å². The summed E-state index contributed by atoms with van der Waals surface area (Å²) < 4.78 is 6.24. The molecule has 0 atom stereocenters. The standard InChI is InChI=1S/C29H16O5/c30-13-17-1-5-21-22-6-2-18(14-31)10-26(22)29(25(21)9-17)23-7-3-19(15-32)11-27(23)34-28-12-20(16-33)4-8-24(28)29/h1-16H. The minimum Gasteiger partial charge on any atom is -0.457 e. The second-order valence-electron chi connectivity index (χ2n) is 8.44. The Morgan fingerprint density at radius 2 is 0.853 bits per heavy atom. The second kappa shape index (κ2) is 7.18. The molecular weight excluding hydrogens is 428 g/mol. The Morgan fingerprint density at radius 3 is 1.26 bits per heavy atom. The van der Waals surface area contributed by atoms with Crippen molar-refractivity contribution >= 4 is 25.1 Å². The monoisotopic (exact) mass is 444 g/mol. The molecule has 5 nitrogen and oxygen atoms in total. The number of hydrogen-bond acceptors (Lipinski definition) is 5. The molecule has 2 aliphatic rings. The highest BCUT2D eigenvalue weighted by atomic mass is 16.5. The molecule has 162 valence electrons. The van der Waals surface area contributed by atoms with Crippen molar-refractivity contribution in [2.24, 2.45) is 0 Å². The highest BCUT2D eigenvalue weighted by Crippen LogP contribution is 2.62. The third kappa shape index (κ3) is 2.49. The van der Waals surface area contributed by atoms with Crippen molar-refractivity contribution in [1.82, 2.24) is 0 Å². The number of ether oxygens (including phenoxy) is 1. The van der Waals surface area contributed by atoms with Gasteiger partial charge in [-0.15, -0.1) is 0 Å². The van der Waals surface area contributed by atoms with E-state index in [9.17, 15) is 19.2 Å². The molecule has 0 bridgehead atoms. The van der Waals surface area contributed by atoms with E-state index in [-0.39, 0.29) is 0 Å². The second-order valence-corrected chi connectivity index (χ2v) is 8.44. The molecule has 0 fully saturated rings. The Labute approximate surface area is 194 Å². The molecule has 1 aliphatic carbocycles. The lowest BCUT2D eigenvalue weighted by atomic mass is 9.65. The van der Waals surface area contributed by atoms with Gasteiger partial charge < -0.3 is 4.74 Å². The SMILES string of the molecule is O=Cc1ccc2c(c1)Oc1cc(C=O)ccc1C21c2cc(C=O)ccc2-c2ccc(C=O)cc21. The number of carbonyl (C=O) groups is 4. The zero-order valence-corrected chi connectivity index (χ0v) is 17.8. The highest BCUT2D eigenvalue weighted by Gasteiger charge is 2.51. The lowest BCUT2D eigenvalue weighted by Gasteiger charge is -2.39. The predicted molar refractivity (Wildman–Crippen MR) is 125 cm³/mol. The molecule has 0 amide bonds. The molecule has 6 rings (SSSR count). The average molecular weight is 444 g/mol. The first-order valence-corrected chi connectivity index (χ1v) is 10.7. The summed E-state index contributed by atoms with van der Waals surface area (Å²) in [5, 5.41) is 0. The minimum atomic E-state index is -0.908. The van der Waals surface area contributed by atoms with Crippen LogP contribution in [-0.4, -0.2) is 25.1 Å². The summed E-state index contributed by atoms with van der Waals surface area (Å²) in [6.45, 7) is 0. The summed E-state index contributed by atoms with van der Waals surface area (Å²) in [5.74, 6) is 0.957. The predicted octanol–water partition coefficient (Wildman–Crippen LogP) is 5.41. The molecule has 1 heterocycles. The van der Waals surface area contributed by atoms with Gasteiger partial charge in [-0.1, -0.05) is 48.5 Å². The Kier molecular flexibility index (Phi) is 4.23. The molecule has 4 aromatic carbocycles. The van der Waals surface area contributed by atoms with Gasteiger partial charge in [0, 0.05) is 33.4 Å². The molecular formula is C29H16O5. The van der Waals surface area contributed by atoms with Crippen molar-refractivity contribution in [2.75, 3.05) is 0 Å². The Morgan fingerprint density at radius 1 is 0.471 bits per heavy atom. The van der Waals surface area contributed by atoms with Crippen LogP contribution in [0.1, 0.15) is 63.7 Å². The summed E-state index contributed by atoms with van der Waals surface area (Å²) in [6, 6.07) is 21.6. The van der Waals surface area contributed by atoms with E-state index in [1.165, 1.54) is 0 Å². The van der Waals surface area contributed by atoms with Crippen LogP contribution >= 0.6 is 0 Å². The van der Waals surface area contributed by atoms with Gasteiger partial charge in [0.2, 0.25) is 0 Å². The number of hydrogen-bond donors (Lipinski definition) is 0. The third-order valence-electron chi connectivity index (χ3n) is 6.77. The number of aldehydes is 4. The molecule has 34 heavy (non-hydrogen) atoms. The molecule has 5 heteroatoms. The summed E-state index contributed by atoms with van der Waals surface area (Å²) in [4.78, 5) is 46.6. The summed E-state index contributed by atoms with van der Waals surface area (Å²) in [5.41, 5.74) is 6.23. The van der Waals surface area contributed by atoms with Crippen LogP contribution in [0.4, 0.5) is 0 Å². The van der Waals surface area contributed by atoms with E-state index in [1.807, 2.05) is 36.4 Å². The van der Waals surface area contributed by atoms with Gasteiger partial charge in [-0.25, -0.2) is 0 Å². The zero-order chi connectivity index (χ0) is 23.4. The number of rotatable bonds is 4. The van der Waals surface area contributed by atoms with Crippen molar-refractivity contribution < 1.29 is 23.9 Å². The summed E-state index contributed by atoms with van der Waals surface area (Å²) in [7, 11) is 0. The van der Waals surface area contributed by atoms with Gasteiger partial charge in [0.1, 0.15) is 36.6 Å². The van der Waals surface area contributed by atoms with Gasteiger partial charge in [-0.05, 0) is 46.5 Å². The van der Waals surface area contributed by atoms with Gasteiger partial charge in [-0.2, -0.15) is 0 Å². The third-order valence-corrected chi connectivity index (χ3v) is 6.77. The van der Waals surface area contributed by atoms with E-state index in [2.05, 4.69) is 0 Å². The van der Waals surface area contributed by atoms with Gasteiger partial charge in [-0.3, -0.25) is 19.2 Å². The van der Waals surface area contributed by atoms with E-state index >= 15 is 0 Å². The van der Waals surface area contributed by atoms with E-state index in [0.29, 0.717) is 33.8 Å². The van der Waals surface area contributed by atoms with Gasteiger partial charge in [0.15, 0.2) is 0 Å². The Hall–Kier alpha value is -4.64. The first kappa shape index (κ1) is 20.0. The molecule has 1 aliphatic heterocycles. The highest BCUT2D eigenvalue weighted by molar-refractivity contribution is 5.93. The van der Waals surface area contributed by atoms with Crippen molar-refractivity contribution in [2.45, 2.75) is 5.41 Å². The van der Waals surface area contributed by atoms with Crippen LogP contribution in [-0.2, 0) is 5.41 Å². The fourth-order valence-electron chi connectivity index (χ4n) is 5.36. The zero-order valence-electron chi connectivity index (χ0n) is 17.8. The fraction of sp³-hybridized carbons (Fsp3) is 0.0345. The molecule has 0 saturated heterocycles. The number of fused-ring (bicyclic) bond motifs is 9. The van der Waals surface area contributed by atoms with E-state index in [0.717, 1.165) is 58.5 Å². The van der Waals surface area contributed by atoms with Crippen LogP contribution in [0.3, 0.4) is 0 Å². The molecule has 0 N–H and O–H groups in total. The van der Waals surface area contributed by atoms with E-state index in [4.69, 9.17) is 4.74 Å². The normalized spacial score (nSPS) is 13.6. The molecule has 0 saturated carbocycles. The topological polar surface area (TPSA) is 77.5 Å². The van der Waals surface area contributed by atoms with E-state index < -0.39 is 5.41 Å². The molecule has 0 radical (unpaired) electrons. The van der Waals surface area contributed by atoms with Crippen LogP contribution in [0.5, 0.6) is 11.5 Å². The molecule has 0 aromatic heterocycles. The molecule has 4 aromatic rings. The maximum atomic E-state index is 11.8. The minimum absolute atomic E-state index is 0.450. The van der Waals surface area contributed by atoms with Crippen LogP contribution in [0.2, 0.25) is 0 Å². The van der Waals surface area contributed by atoms with Crippen LogP contribution in [0, 0.1) is 0 Å². The van der Waals surface area contributed by atoms with Gasteiger partial charge in [0.05, 0.1) is 5.41 Å². The quantitative estimate of drug-likeness (QED) is 0.340. The fourth-order valence-corrected chi connectivity index (χ4v) is 5.36. The largest absolute Gasteiger partial charge is 0.457 e. The number of carbonyl (C=O) groups excluding carboxylic acids is 4. The summed E-state index contributed by atoms with van der Waals surface area (Å²) in [6.07, 6.45) is 3.11. The Balaban J connectivity index is 1.83. The first-order chi connectivity index (χ1) is 16.6. The molecule has 0 unspecified atom stereocenters. The van der Waals surface area contributed by atoms with Crippen molar-refractivity contribution in [3.63, 3.8) is 0 Å². The lowest BCUT2D eigenvalue weighted by molar-refractivity contribution is 0.111. The van der Waals surface area contributed by atoms with Crippen LogP contribution in [0.15, 0.2) is 72.8 Å². The number of benzene rings is 4. The summed E-state index contributed by atoms with van der Waals surface area (Å²) >= 11 is 0. The lowest BCUT2D eigenvalue weighted by Crippen LogP contribution is -2.32. The molecule has 1 spiro atoms. The van der Waals surface area contributed by atoms with Crippen molar-refractivity contribution in [1.29, 1.82) is 0 Å². The van der Waals surface area contributed by atoms with Gasteiger partial charge in [0.25, 0.3) is 0 Å².